The van der Waals surface area contributed by atoms with Gasteiger partial charge < -0.3 is 50.7 Å². The molecule has 2 atom stereocenters. The Kier molecular flexibility index (Phi) is 36.6. The van der Waals surface area contributed by atoms with E-state index in [0.717, 1.165) is 0 Å². The zero-order chi connectivity index (χ0) is 58.1. The first-order valence-electron chi connectivity index (χ1n) is 23.6. The summed E-state index contributed by atoms with van der Waals surface area (Å²) in [6, 6.07) is -2.64. The predicted molar refractivity (Wildman–Crippen MR) is 248 cm³/mol. The SMILES string of the molecule is O=C(O)CCC(C(=O)O)N1CCN(CC(=O)O)CCN(CC(=O)O)CCN(CC(=O)O)CC1.O=C(O)CN1CCN(CC(=O)O)CCN(C(CCC(=O)Oc2c(F)c(F)c(F)c(F)c2F)C(=O)O)CCN(CC(=O)O)CC1.[Gd].[Gd]. The first-order chi connectivity index (χ1) is 36.1. The van der Waals surface area contributed by atoms with Crippen LogP contribution in [0.15, 0.2) is 0 Å². The summed E-state index contributed by atoms with van der Waals surface area (Å²) >= 11 is 0. The summed E-state index contributed by atoms with van der Waals surface area (Å²) in [6.07, 6.45) is -1.95. The van der Waals surface area contributed by atoms with Crippen LogP contribution in [0.3, 0.4) is 0 Å². The van der Waals surface area contributed by atoms with Gasteiger partial charge in [0.15, 0.2) is 0 Å². The van der Waals surface area contributed by atoms with E-state index in [-0.39, 0.29) is 217 Å². The number of esters is 1. The number of hydrogen-bond acceptors (Lipinski definition) is 19. The number of nitrogens with zero attached hydrogens (tertiary/aromatic N) is 8. The van der Waals surface area contributed by atoms with Crippen molar-refractivity contribution in [1.82, 2.24) is 39.2 Å². The smallest absolute Gasteiger partial charge is 0.320 e. The van der Waals surface area contributed by atoms with Crippen LogP contribution < -0.4 is 4.74 Å². The molecule has 79 heavy (non-hydrogen) atoms. The van der Waals surface area contributed by atoms with Gasteiger partial charge in [0.25, 0.3) is 0 Å². The number of rotatable bonds is 23. The van der Waals surface area contributed by atoms with Gasteiger partial charge in [-0.2, -0.15) is 8.78 Å². The second-order valence-corrected chi connectivity index (χ2v) is 17.6. The van der Waals surface area contributed by atoms with Gasteiger partial charge in [0.1, 0.15) is 12.1 Å². The Hall–Kier alpha value is -4.10. The molecule has 2 saturated heterocycles. The van der Waals surface area contributed by atoms with E-state index in [2.05, 4.69) is 4.74 Å². The van der Waals surface area contributed by atoms with Gasteiger partial charge in [-0.1, -0.05) is 0 Å². The van der Waals surface area contributed by atoms with E-state index in [0.29, 0.717) is 0 Å². The van der Waals surface area contributed by atoms with Gasteiger partial charge in [0, 0.05) is 197 Å². The number of carboxylic acids is 9. The molecule has 0 amide bonds. The first kappa shape index (κ1) is 74.9. The molecule has 2 aliphatic heterocycles. The zero-order valence-corrected chi connectivity index (χ0v) is 46.8. The molecule has 3 rings (SSSR count). The second kappa shape index (κ2) is 38.6. The maximum absolute atomic E-state index is 13.9. The minimum absolute atomic E-state index is 0. The molecule has 0 bridgehead atoms. The summed E-state index contributed by atoms with van der Waals surface area (Å²) in [5.41, 5.74) is 0. The van der Waals surface area contributed by atoms with E-state index in [9.17, 15) is 106 Å². The third-order valence-corrected chi connectivity index (χ3v) is 12.0. The predicted octanol–water partition coefficient (Wildman–Crippen LogP) is -2.22. The van der Waals surface area contributed by atoms with Crippen LogP contribution in [0.4, 0.5) is 22.0 Å². The van der Waals surface area contributed by atoms with Crippen molar-refractivity contribution < 1.29 is 200 Å². The molecule has 0 aromatic heterocycles. The van der Waals surface area contributed by atoms with Gasteiger partial charge in [-0.3, -0.25) is 87.1 Å². The van der Waals surface area contributed by atoms with Crippen LogP contribution >= 0.6 is 0 Å². The third kappa shape index (κ3) is 29.4. The van der Waals surface area contributed by atoms with Crippen molar-refractivity contribution in [2.24, 2.45) is 0 Å². The van der Waals surface area contributed by atoms with Crippen LogP contribution in [0.25, 0.3) is 0 Å². The van der Waals surface area contributed by atoms with Crippen molar-refractivity contribution in [1.29, 1.82) is 0 Å². The largest absolute Gasteiger partial charge is 0.481 e. The number of hydrogen-bond donors (Lipinski definition) is 9. The zero-order valence-electron chi connectivity index (χ0n) is 42.2. The van der Waals surface area contributed by atoms with E-state index in [4.69, 9.17) is 10.2 Å². The molecule has 1 aromatic rings. The fourth-order valence-corrected chi connectivity index (χ4v) is 8.10. The van der Waals surface area contributed by atoms with Gasteiger partial charge in [-0.05, 0) is 12.8 Å². The first-order valence-corrected chi connectivity index (χ1v) is 23.6. The molecule has 2 fully saturated rings. The number of carbonyl (C=O) groups is 10. The van der Waals surface area contributed by atoms with Crippen LogP contribution in [0, 0.1) is 109 Å². The Balaban J connectivity index is 0.00000156. The van der Waals surface area contributed by atoms with Crippen molar-refractivity contribution in [3.8, 4) is 5.75 Å². The number of benzene rings is 1. The molecule has 0 aliphatic carbocycles. The van der Waals surface area contributed by atoms with E-state index >= 15 is 0 Å². The summed E-state index contributed by atoms with van der Waals surface area (Å²) in [6.45, 7) is -0.960. The molecule has 0 spiro atoms. The van der Waals surface area contributed by atoms with Crippen LogP contribution in [-0.2, 0) is 47.9 Å². The van der Waals surface area contributed by atoms with Crippen molar-refractivity contribution in [3.63, 3.8) is 0 Å². The van der Waals surface area contributed by atoms with E-state index in [1.807, 2.05) is 0 Å². The molecule has 2 heterocycles. The minimum Gasteiger partial charge on any atom is -0.481 e. The third-order valence-electron chi connectivity index (χ3n) is 12.0. The quantitative estimate of drug-likeness (QED) is 0.0184. The van der Waals surface area contributed by atoms with Crippen LogP contribution in [-0.4, -0.2) is 301 Å². The van der Waals surface area contributed by atoms with Gasteiger partial charge >= 0.3 is 59.7 Å². The van der Waals surface area contributed by atoms with Gasteiger partial charge in [-0.15, -0.1) is 0 Å². The molecule has 35 heteroatoms. The summed E-state index contributed by atoms with van der Waals surface area (Å²) < 4.78 is 72.4. The van der Waals surface area contributed by atoms with Crippen molar-refractivity contribution in [3.05, 3.63) is 29.1 Å². The summed E-state index contributed by atoms with van der Waals surface area (Å²) in [5, 5.41) is 83.9. The van der Waals surface area contributed by atoms with E-state index in [1.165, 1.54) is 24.5 Å². The Morgan fingerprint density at radius 2 is 0.557 bits per heavy atom. The van der Waals surface area contributed by atoms with E-state index < -0.39 is 139 Å². The molecule has 0 saturated carbocycles. The van der Waals surface area contributed by atoms with Gasteiger partial charge in [0.05, 0.1) is 39.3 Å². The molecular formula is C44H63F5Gd2N8O20. The topological polar surface area (TPSA) is 388 Å². The van der Waals surface area contributed by atoms with Crippen molar-refractivity contribution in [2.75, 3.05) is 144 Å². The number of carbonyl (C=O) groups excluding carboxylic acids is 1. The molecule has 450 valence electrons. The van der Waals surface area contributed by atoms with Crippen molar-refractivity contribution >= 4 is 59.7 Å². The second-order valence-electron chi connectivity index (χ2n) is 17.6. The minimum atomic E-state index is -2.47. The summed E-state index contributed by atoms with van der Waals surface area (Å²) in [5.74, 6) is -26.0. The molecule has 9 N–H and O–H groups in total. The average molecular weight is 1430 g/mol. The number of carboxylic acid groups (broad SMARTS) is 9. The van der Waals surface area contributed by atoms with Crippen molar-refractivity contribution in [2.45, 2.75) is 37.8 Å². The summed E-state index contributed by atoms with van der Waals surface area (Å²) in [7, 11) is 0. The monoisotopic (exact) mass is 1430 g/mol. The number of ether oxygens (including phenoxy) is 1. The molecule has 0 radical (unpaired) electrons. The number of halogens is 5. The normalized spacial score (nSPS) is 17.6. The van der Waals surface area contributed by atoms with Crippen LogP contribution in [0.1, 0.15) is 25.7 Å². The Bertz CT molecular complexity index is 2160. The summed E-state index contributed by atoms with van der Waals surface area (Å²) in [4.78, 5) is 127. The average Bonchev–Trinajstić information content (AvgIpc) is 3.31. The molecule has 1 aromatic carbocycles. The van der Waals surface area contributed by atoms with Gasteiger partial charge in [-0.25, -0.2) is 13.2 Å². The molecule has 2 aliphatic rings. The maximum atomic E-state index is 13.9. The van der Waals surface area contributed by atoms with Crippen LogP contribution in [0.5, 0.6) is 5.75 Å². The Morgan fingerprint density at radius 3 is 0.772 bits per heavy atom. The molecule has 2 unspecified atom stereocenters. The molecular weight excluding hydrogens is 1370 g/mol. The standard InChI is InChI=1S/C25H31F5N4O10.C19H32N4O10.2Gd/c26-19-20(27)22(29)24(23(30)21(19)28)44-18(41)2-1-14(25(42)43)34-9-7-32(12-16(37)38)5-3-31(11-15(35)36)4-6-33(8-10-34)13-17(39)40;24-15(25)2-1-14(19(32)33)23-9-7-21(12-17(28)29)5-3-20(11-16(26)27)4-6-22(8-10-23)13-18(30)31;;/h14H,1-13H2,(H,35,36)(H,37,38)(H,39,40)(H,42,43);14H,1-13H2,(H,24,25)(H,26,27)(H,28,29)(H,30,31)(H,32,33);;. The number of aliphatic carboxylic acids is 9. The fourth-order valence-electron chi connectivity index (χ4n) is 8.10. The fraction of sp³-hybridized carbons (Fsp3) is 0.636. The maximum Gasteiger partial charge on any atom is 0.320 e. The van der Waals surface area contributed by atoms with Crippen LogP contribution in [0.2, 0.25) is 0 Å². The Labute approximate surface area is 511 Å². The van der Waals surface area contributed by atoms with Gasteiger partial charge in [0.2, 0.25) is 34.8 Å². The Morgan fingerprint density at radius 1 is 0.342 bits per heavy atom. The molecule has 28 nitrogen and oxygen atoms in total. The van der Waals surface area contributed by atoms with E-state index in [1.54, 1.807) is 14.7 Å².